The van der Waals surface area contributed by atoms with Crippen LogP contribution in [0.2, 0.25) is 0 Å². The summed E-state index contributed by atoms with van der Waals surface area (Å²) in [6.07, 6.45) is 1.03. The van der Waals surface area contributed by atoms with Crippen LogP contribution in [0.25, 0.3) is 0 Å². The first-order valence-electron chi connectivity index (χ1n) is 8.00. The maximum Gasteiger partial charge on any atom is 0.329 e. The molecule has 3 rings (SSSR count). The van der Waals surface area contributed by atoms with E-state index in [0.717, 1.165) is 11.8 Å². The lowest BCUT2D eigenvalue weighted by Gasteiger charge is -2.20. The molecule has 0 aliphatic rings. The second-order valence-electron chi connectivity index (χ2n) is 5.57. The number of para-hydroxylation sites is 1. The highest BCUT2D eigenvalue weighted by molar-refractivity contribution is 5.53. The normalized spacial score (nSPS) is 11.6. The van der Waals surface area contributed by atoms with Gasteiger partial charge in [-0.2, -0.15) is 4.98 Å². The Morgan fingerprint density at radius 1 is 1.19 bits per heavy atom. The number of nitrogens with zero attached hydrogens (tertiary/aromatic N) is 3. The third-order valence-electron chi connectivity index (χ3n) is 3.74. The summed E-state index contributed by atoms with van der Waals surface area (Å²) >= 11 is 0. The van der Waals surface area contributed by atoms with E-state index in [-0.39, 0.29) is 29.8 Å². The first-order valence-corrected chi connectivity index (χ1v) is 8.00. The highest BCUT2D eigenvalue weighted by atomic mass is 19.1. The van der Waals surface area contributed by atoms with Crippen LogP contribution in [0.3, 0.4) is 0 Å². The van der Waals surface area contributed by atoms with Gasteiger partial charge in [0.1, 0.15) is 12.8 Å². The molecule has 0 bridgehead atoms. The number of ether oxygens (including phenoxy) is 1. The number of halogens is 1. The van der Waals surface area contributed by atoms with Crippen molar-refractivity contribution in [3.05, 3.63) is 82.3 Å². The van der Waals surface area contributed by atoms with Crippen LogP contribution in [-0.4, -0.2) is 21.5 Å². The van der Waals surface area contributed by atoms with Gasteiger partial charge >= 0.3 is 5.69 Å². The molecule has 1 heterocycles. The van der Waals surface area contributed by atoms with Gasteiger partial charge in [0.2, 0.25) is 11.8 Å². The Kier molecular flexibility index (Phi) is 5.41. The predicted octanol–water partition coefficient (Wildman–Crippen LogP) is 3.34. The van der Waals surface area contributed by atoms with E-state index in [2.05, 4.69) is 15.3 Å². The van der Waals surface area contributed by atoms with Gasteiger partial charge in [-0.05, 0) is 17.7 Å². The summed E-state index contributed by atoms with van der Waals surface area (Å²) in [6.45, 7) is 0.0746. The lowest BCUT2D eigenvalue weighted by Crippen LogP contribution is -2.21. The molecule has 9 heteroatoms. The predicted molar refractivity (Wildman–Crippen MR) is 97.8 cm³/mol. The summed E-state index contributed by atoms with van der Waals surface area (Å²) in [7, 11) is 0. The van der Waals surface area contributed by atoms with Crippen molar-refractivity contribution >= 4 is 17.5 Å². The molecule has 0 aliphatic carbocycles. The molecule has 0 radical (unpaired) electrons. The topological polar surface area (TPSA) is 116 Å². The highest BCUT2D eigenvalue weighted by Gasteiger charge is 2.18. The zero-order valence-corrected chi connectivity index (χ0v) is 14.1. The fourth-order valence-corrected chi connectivity index (χ4v) is 2.40. The number of nitrogens with two attached hydrogens (primary N) is 1. The third-order valence-corrected chi connectivity index (χ3v) is 3.74. The van der Waals surface area contributed by atoms with E-state index in [1.807, 2.05) is 30.3 Å². The standard InChI is InChI=1S/C18H16FN5O3/c19-13-8-4-5-9-16(13)27-11-14(12-6-2-1-3-7-12)22-18-21-10-15(24(25)26)17(20)23-18/h1-10,14H,11H2,(H3,20,21,22,23). The number of hydrogen-bond acceptors (Lipinski definition) is 7. The molecule has 1 aromatic heterocycles. The smallest absolute Gasteiger partial charge is 0.329 e. The summed E-state index contributed by atoms with van der Waals surface area (Å²) in [6, 6.07) is 14.9. The Morgan fingerprint density at radius 3 is 2.56 bits per heavy atom. The molecule has 3 N–H and O–H groups in total. The van der Waals surface area contributed by atoms with Crippen LogP contribution in [0, 0.1) is 15.9 Å². The van der Waals surface area contributed by atoms with Gasteiger partial charge in [0.05, 0.1) is 11.0 Å². The number of nitro groups is 1. The minimum absolute atomic E-state index is 0.0746. The third kappa shape index (κ3) is 4.46. The van der Waals surface area contributed by atoms with Gasteiger partial charge in [0.15, 0.2) is 11.6 Å². The van der Waals surface area contributed by atoms with Gasteiger partial charge in [0, 0.05) is 0 Å². The Balaban J connectivity index is 1.81. The van der Waals surface area contributed by atoms with Crippen LogP contribution in [-0.2, 0) is 0 Å². The average molecular weight is 369 g/mol. The molecule has 0 saturated carbocycles. The molecule has 0 spiro atoms. The van der Waals surface area contributed by atoms with E-state index >= 15 is 0 Å². The van der Waals surface area contributed by atoms with Crippen molar-refractivity contribution in [3.8, 4) is 5.75 Å². The molecule has 3 aromatic rings. The Hall–Kier alpha value is -3.75. The largest absolute Gasteiger partial charge is 0.488 e. The van der Waals surface area contributed by atoms with Crippen LogP contribution in [0.1, 0.15) is 11.6 Å². The molecule has 0 fully saturated rings. The maximum absolute atomic E-state index is 13.8. The number of anilines is 2. The van der Waals surface area contributed by atoms with Crippen LogP contribution in [0.4, 0.5) is 21.8 Å². The Morgan fingerprint density at radius 2 is 1.89 bits per heavy atom. The minimum Gasteiger partial charge on any atom is -0.488 e. The summed E-state index contributed by atoms with van der Waals surface area (Å²) in [5.41, 5.74) is 6.07. The van der Waals surface area contributed by atoms with E-state index in [4.69, 9.17) is 10.5 Å². The van der Waals surface area contributed by atoms with E-state index in [0.29, 0.717) is 0 Å². The molecule has 0 amide bonds. The van der Waals surface area contributed by atoms with Crippen molar-refractivity contribution in [2.24, 2.45) is 0 Å². The first-order chi connectivity index (χ1) is 13.0. The Bertz CT molecular complexity index is 939. The van der Waals surface area contributed by atoms with Crippen LogP contribution >= 0.6 is 0 Å². The summed E-state index contributed by atoms with van der Waals surface area (Å²) < 4.78 is 19.4. The van der Waals surface area contributed by atoms with Crippen molar-refractivity contribution < 1.29 is 14.1 Å². The van der Waals surface area contributed by atoms with E-state index in [9.17, 15) is 14.5 Å². The number of nitrogen functional groups attached to an aromatic ring is 1. The van der Waals surface area contributed by atoms with Gasteiger partial charge in [-0.25, -0.2) is 9.37 Å². The summed E-state index contributed by atoms with van der Waals surface area (Å²) in [4.78, 5) is 18.0. The molecule has 138 valence electrons. The van der Waals surface area contributed by atoms with Crippen molar-refractivity contribution in [2.75, 3.05) is 17.7 Å². The van der Waals surface area contributed by atoms with Crippen LogP contribution in [0.5, 0.6) is 5.75 Å². The fourth-order valence-electron chi connectivity index (χ4n) is 2.40. The Labute approximate surface area is 154 Å². The van der Waals surface area contributed by atoms with Gasteiger partial charge < -0.3 is 15.8 Å². The summed E-state index contributed by atoms with van der Waals surface area (Å²) in [5.74, 6) is -0.507. The van der Waals surface area contributed by atoms with Gasteiger partial charge in [0.25, 0.3) is 0 Å². The van der Waals surface area contributed by atoms with Crippen molar-refractivity contribution in [1.82, 2.24) is 9.97 Å². The van der Waals surface area contributed by atoms with Gasteiger partial charge in [-0.1, -0.05) is 42.5 Å². The molecule has 8 nitrogen and oxygen atoms in total. The molecular formula is C18H16FN5O3. The zero-order valence-electron chi connectivity index (χ0n) is 14.1. The van der Waals surface area contributed by atoms with Gasteiger partial charge in [-0.15, -0.1) is 0 Å². The fraction of sp³-hybridized carbons (Fsp3) is 0.111. The van der Waals surface area contributed by atoms with E-state index in [1.54, 1.807) is 12.1 Å². The van der Waals surface area contributed by atoms with Gasteiger partial charge in [-0.3, -0.25) is 10.1 Å². The monoisotopic (exact) mass is 369 g/mol. The van der Waals surface area contributed by atoms with E-state index in [1.165, 1.54) is 12.1 Å². The maximum atomic E-state index is 13.8. The molecule has 0 aliphatic heterocycles. The number of rotatable bonds is 7. The minimum atomic E-state index is -0.658. The van der Waals surface area contributed by atoms with Crippen LogP contribution < -0.4 is 15.8 Å². The lowest BCUT2D eigenvalue weighted by molar-refractivity contribution is -0.384. The zero-order chi connectivity index (χ0) is 19.2. The lowest BCUT2D eigenvalue weighted by atomic mass is 10.1. The molecule has 1 atom stereocenters. The molecule has 1 unspecified atom stereocenters. The number of benzene rings is 2. The molecular weight excluding hydrogens is 353 g/mol. The number of hydrogen-bond donors (Lipinski definition) is 2. The second kappa shape index (κ2) is 8.09. The first kappa shape index (κ1) is 18.1. The van der Waals surface area contributed by atoms with Crippen molar-refractivity contribution in [3.63, 3.8) is 0 Å². The SMILES string of the molecule is Nc1nc(NC(COc2ccccc2F)c2ccccc2)ncc1[N+](=O)[O-]. The van der Waals surface area contributed by atoms with Crippen molar-refractivity contribution in [2.45, 2.75) is 6.04 Å². The second-order valence-corrected chi connectivity index (χ2v) is 5.57. The molecule has 0 saturated heterocycles. The highest BCUT2D eigenvalue weighted by Crippen LogP contribution is 2.24. The van der Waals surface area contributed by atoms with Crippen molar-refractivity contribution in [1.29, 1.82) is 0 Å². The average Bonchev–Trinajstić information content (AvgIpc) is 2.66. The molecule has 27 heavy (non-hydrogen) atoms. The quantitative estimate of drug-likeness (QED) is 0.484. The number of aromatic nitrogens is 2. The van der Waals surface area contributed by atoms with E-state index < -0.39 is 16.8 Å². The number of nitrogens with one attached hydrogen (secondary N) is 1. The summed E-state index contributed by atoms with van der Waals surface area (Å²) in [5, 5.41) is 13.9. The molecule has 2 aromatic carbocycles. The van der Waals surface area contributed by atoms with Crippen LogP contribution in [0.15, 0.2) is 60.8 Å².